The maximum atomic E-state index is 13.1. The molecule has 0 bridgehead atoms. The SMILES string of the molecule is CC1=C(CO)C(=O)O[C@@H]([C@@H](C)[C@@]2(O)CC[C@H]3[C@@H]4CC=C5CC=CC(=O)[C@]5(C)[C@@H]4CC[C@@]32C)[C@H]1O. The number of ether oxygens (including phenoxy) is 1. The predicted molar refractivity (Wildman–Crippen MR) is 126 cm³/mol. The number of esters is 1. The molecule has 0 aromatic heterocycles. The van der Waals surface area contributed by atoms with Crippen molar-refractivity contribution in [1.29, 1.82) is 0 Å². The maximum absolute atomic E-state index is 13.1. The van der Waals surface area contributed by atoms with Gasteiger partial charge in [0, 0.05) is 5.92 Å². The van der Waals surface area contributed by atoms with Crippen molar-refractivity contribution < 1.29 is 29.6 Å². The lowest BCUT2D eigenvalue weighted by atomic mass is 9.46. The van der Waals surface area contributed by atoms with Crippen LogP contribution >= 0.6 is 0 Å². The Balaban J connectivity index is 1.46. The number of rotatable bonds is 3. The molecule has 2 saturated carbocycles. The Bertz CT molecular complexity index is 1010. The van der Waals surface area contributed by atoms with E-state index in [0.29, 0.717) is 17.9 Å². The fourth-order valence-corrected chi connectivity index (χ4v) is 8.64. The number of carbonyl (C=O) groups excluding carboxylic acids is 2. The Morgan fingerprint density at radius 2 is 1.88 bits per heavy atom. The first kappa shape index (κ1) is 24.0. The largest absolute Gasteiger partial charge is 0.455 e. The number of hydrogen-bond donors (Lipinski definition) is 3. The van der Waals surface area contributed by atoms with Gasteiger partial charge in [0.25, 0.3) is 0 Å². The van der Waals surface area contributed by atoms with E-state index in [4.69, 9.17) is 4.74 Å². The fraction of sp³-hybridized carbons (Fsp3) is 0.714. The van der Waals surface area contributed by atoms with E-state index in [1.165, 1.54) is 5.57 Å². The molecule has 1 aliphatic heterocycles. The summed E-state index contributed by atoms with van der Waals surface area (Å²) in [5, 5.41) is 32.7. The van der Waals surface area contributed by atoms with Crippen LogP contribution in [0.25, 0.3) is 0 Å². The van der Waals surface area contributed by atoms with E-state index < -0.39 is 47.1 Å². The molecule has 1 heterocycles. The molecular weight excluding hydrogens is 432 g/mol. The van der Waals surface area contributed by atoms with Crippen molar-refractivity contribution in [3.05, 3.63) is 34.9 Å². The molecule has 186 valence electrons. The van der Waals surface area contributed by atoms with Gasteiger partial charge in [0.05, 0.1) is 23.2 Å². The molecule has 0 unspecified atom stereocenters. The highest BCUT2D eigenvalue weighted by Crippen LogP contribution is 2.68. The summed E-state index contributed by atoms with van der Waals surface area (Å²) in [5.74, 6) is -0.0208. The lowest BCUT2D eigenvalue weighted by molar-refractivity contribution is -0.193. The molecule has 6 nitrogen and oxygen atoms in total. The number of aliphatic hydroxyl groups is 3. The second kappa shape index (κ2) is 7.87. The number of aliphatic hydroxyl groups excluding tert-OH is 2. The molecular formula is C28H38O6. The summed E-state index contributed by atoms with van der Waals surface area (Å²) >= 11 is 0. The Hall–Kier alpha value is -1.76. The van der Waals surface area contributed by atoms with Crippen molar-refractivity contribution in [1.82, 2.24) is 0 Å². The van der Waals surface area contributed by atoms with Crippen molar-refractivity contribution in [2.75, 3.05) is 6.61 Å². The highest BCUT2D eigenvalue weighted by atomic mass is 16.6. The highest BCUT2D eigenvalue weighted by Gasteiger charge is 2.67. The third-order valence-corrected chi connectivity index (χ3v) is 10.9. The van der Waals surface area contributed by atoms with Crippen LogP contribution in [0.2, 0.25) is 0 Å². The average molecular weight is 471 g/mol. The maximum Gasteiger partial charge on any atom is 0.336 e. The van der Waals surface area contributed by atoms with Gasteiger partial charge in [-0.3, -0.25) is 4.79 Å². The van der Waals surface area contributed by atoms with Crippen molar-refractivity contribution >= 4 is 11.8 Å². The van der Waals surface area contributed by atoms with Crippen LogP contribution in [0.3, 0.4) is 0 Å². The summed E-state index contributed by atoms with van der Waals surface area (Å²) in [6.07, 6.45) is 9.01. The van der Waals surface area contributed by atoms with Gasteiger partial charge >= 0.3 is 5.97 Å². The number of hydrogen-bond acceptors (Lipinski definition) is 6. The van der Waals surface area contributed by atoms with Gasteiger partial charge in [0.2, 0.25) is 0 Å². The first-order chi connectivity index (χ1) is 16.0. The number of allylic oxidation sites excluding steroid dienone is 4. The zero-order valence-electron chi connectivity index (χ0n) is 20.7. The molecule has 0 radical (unpaired) electrons. The third kappa shape index (κ3) is 2.91. The summed E-state index contributed by atoms with van der Waals surface area (Å²) in [7, 11) is 0. The van der Waals surface area contributed by atoms with Crippen LogP contribution in [0, 0.1) is 34.5 Å². The Kier molecular flexibility index (Phi) is 5.55. The molecule has 3 N–H and O–H groups in total. The van der Waals surface area contributed by atoms with E-state index in [-0.39, 0.29) is 23.2 Å². The van der Waals surface area contributed by atoms with Gasteiger partial charge in [-0.25, -0.2) is 4.79 Å². The monoisotopic (exact) mass is 470 g/mol. The molecule has 4 aliphatic carbocycles. The third-order valence-electron chi connectivity index (χ3n) is 10.9. The summed E-state index contributed by atoms with van der Waals surface area (Å²) in [4.78, 5) is 25.6. The van der Waals surface area contributed by atoms with Crippen LogP contribution in [0.1, 0.15) is 66.2 Å². The number of cyclic esters (lactones) is 1. The fourth-order valence-electron chi connectivity index (χ4n) is 8.64. The number of ketones is 1. The standard InChI is InChI=1S/C28H38O6/c1-15-19(14-29)25(32)34-24(23(15)31)16(2)28(33)13-11-20-18-9-8-17-6-5-7-22(30)27(17,4)21(18)10-12-26(20,28)3/h5,7-8,16,18,20-21,23-24,29,31,33H,6,9-14H2,1-4H3/t16-,18+,20+,21-,23+,24+,26+,27+,28+/m1/s1. The Labute approximate surface area is 201 Å². The van der Waals surface area contributed by atoms with Crippen LogP contribution in [0.4, 0.5) is 0 Å². The molecule has 0 aromatic carbocycles. The molecule has 0 aromatic rings. The lowest BCUT2D eigenvalue weighted by Gasteiger charge is -2.58. The molecule has 2 fully saturated rings. The van der Waals surface area contributed by atoms with E-state index in [1.807, 2.05) is 13.0 Å². The minimum absolute atomic E-state index is 0.100. The van der Waals surface area contributed by atoms with Gasteiger partial charge in [-0.1, -0.05) is 31.6 Å². The van der Waals surface area contributed by atoms with Crippen LogP contribution < -0.4 is 0 Å². The highest BCUT2D eigenvalue weighted by molar-refractivity contribution is 5.98. The average Bonchev–Trinajstić information content (AvgIpc) is 3.09. The second-order valence-electron chi connectivity index (χ2n) is 11.9. The van der Waals surface area contributed by atoms with Crippen LogP contribution in [-0.4, -0.2) is 51.5 Å². The van der Waals surface area contributed by atoms with Crippen LogP contribution in [-0.2, 0) is 14.3 Å². The zero-order valence-corrected chi connectivity index (χ0v) is 20.7. The predicted octanol–water partition coefficient (Wildman–Crippen LogP) is 3.26. The van der Waals surface area contributed by atoms with E-state index in [9.17, 15) is 24.9 Å². The molecule has 0 amide bonds. The van der Waals surface area contributed by atoms with E-state index in [1.54, 1.807) is 13.0 Å². The number of carbonyl (C=O) groups is 2. The molecule has 6 heteroatoms. The van der Waals surface area contributed by atoms with Gasteiger partial charge < -0.3 is 20.1 Å². The second-order valence-corrected chi connectivity index (χ2v) is 11.9. The smallest absolute Gasteiger partial charge is 0.336 e. The van der Waals surface area contributed by atoms with Gasteiger partial charge in [0.1, 0.15) is 12.2 Å². The molecule has 9 atom stereocenters. The van der Waals surface area contributed by atoms with Gasteiger partial charge in [-0.2, -0.15) is 0 Å². The van der Waals surface area contributed by atoms with E-state index in [0.717, 1.165) is 32.1 Å². The zero-order chi connectivity index (χ0) is 24.6. The quantitative estimate of drug-likeness (QED) is 0.432. The first-order valence-corrected chi connectivity index (χ1v) is 12.8. The Morgan fingerprint density at radius 1 is 1.18 bits per heavy atom. The molecule has 0 saturated heterocycles. The summed E-state index contributed by atoms with van der Waals surface area (Å²) in [6.45, 7) is 7.35. The van der Waals surface area contributed by atoms with E-state index >= 15 is 0 Å². The molecule has 5 rings (SSSR count). The lowest BCUT2D eigenvalue weighted by Crippen LogP contribution is -2.60. The van der Waals surface area contributed by atoms with Crippen molar-refractivity contribution in [2.24, 2.45) is 34.5 Å². The minimum atomic E-state index is -1.10. The summed E-state index contributed by atoms with van der Waals surface area (Å²) < 4.78 is 5.62. The molecule has 34 heavy (non-hydrogen) atoms. The summed E-state index contributed by atoms with van der Waals surface area (Å²) in [5.41, 5.74) is -0.169. The van der Waals surface area contributed by atoms with Crippen molar-refractivity contribution in [2.45, 2.75) is 84.0 Å². The van der Waals surface area contributed by atoms with Crippen molar-refractivity contribution in [3.63, 3.8) is 0 Å². The van der Waals surface area contributed by atoms with Gasteiger partial charge in [-0.05, 0) is 87.2 Å². The van der Waals surface area contributed by atoms with Crippen LogP contribution in [0.5, 0.6) is 0 Å². The Morgan fingerprint density at radius 3 is 2.59 bits per heavy atom. The van der Waals surface area contributed by atoms with Gasteiger partial charge in [-0.15, -0.1) is 0 Å². The van der Waals surface area contributed by atoms with Crippen LogP contribution in [0.15, 0.2) is 34.9 Å². The first-order valence-electron chi connectivity index (χ1n) is 12.8. The summed E-state index contributed by atoms with van der Waals surface area (Å²) in [6, 6.07) is 0. The topological polar surface area (TPSA) is 104 Å². The number of fused-ring (bicyclic) bond motifs is 5. The van der Waals surface area contributed by atoms with Crippen molar-refractivity contribution in [3.8, 4) is 0 Å². The molecule has 0 spiro atoms. The van der Waals surface area contributed by atoms with E-state index in [2.05, 4.69) is 19.9 Å². The minimum Gasteiger partial charge on any atom is -0.455 e. The molecule has 5 aliphatic rings. The van der Waals surface area contributed by atoms with Gasteiger partial charge in [0.15, 0.2) is 5.78 Å². The normalized spacial score (nSPS) is 46.9.